The van der Waals surface area contributed by atoms with Crippen molar-refractivity contribution in [2.45, 2.75) is 110 Å². The summed E-state index contributed by atoms with van der Waals surface area (Å²) in [4.78, 5) is 0. The average molecular weight is 353 g/mol. The number of allylic oxidation sites excluding steroid dienone is 2. The molecule has 1 saturated carbocycles. The van der Waals surface area contributed by atoms with Crippen LogP contribution in [-0.2, 0) is 0 Å². The molecule has 1 fully saturated rings. The Kier molecular flexibility index (Phi) is 7.41. The second-order valence-corrected chi connectivity index (χ2v) is 9.27. The Morgan fingerprint density at radius 1 is 0.923 bits per heavy atom. The molecule has 3 rings (SSSR count). The van der Waals surface area contributed by atoms with Crippen LogP contribution in [0.2, 0.25) is 0 Å². The van der Waals surface area contributed by atoms with Crippen LogP contribution < -0.4 is 0 Å². The van der Waals surface area contributed by atoms with Crippen LogP contribution in [0.15, 0.2) is 35.9 Å². The topological polar surface area (TPSA) is 0 Å². The molecule has 2 aliphatic rings. The predicted octanol–water partition coefficient (Wildman–Crippen LogP) is 8.50. The van der Waals surface area contributed by atoms with Gasteiger partial charge in [-0.2, -0.15) is 0 Å². The summed E-state index contributed by atoms with van der Waals surface area (Å²) in [6.07, 6.45) is 22.4. The summed E-state index contributed by atoms with van der Waals surface area (Å²) >= 11 is 0. The Morgan fingerprint density at radius 3 is 2.35 bits per heavy atom. The van der Waals surface area contributed by atoms with E-state index in [0.717, 1.165) is 5.92 Å². The van der Waals surface area contributed by atoms with E-state index in [1.807, 2.05) is 0 Å². The molecule has 0 bridgehead atoms. The van der Waals surface area contributed by atoms with Crippen molar-refractivity contribution in [1.29, 1.82) is 0 Å². The highest BCUT2D eigenvalue weighted by molar-refractivity contribution is 5.26. The van der Waals surface area contributed by atoms with Crippen molar-refractivity contribution in [2.24, 2.45) is 5.41 Å². The van der Waals surface area contributed by atoms with Gasteiger partial charge in [0.25, 0.3) is 0 Å². The third-order valence-electron chi connectivity index (χ3n) is 7.16. The minimum atomic E-state index is 0.664. The number of aryl methyl sites for hydroxylation is 1. The third-order valence-corrected chi connectivity index (χ3v) is 7.16. The first-order valence-corrected chi connectivity index (χ1v) is 11.5. The van der Waals surface area contributed by atoms with E-state index >= 15 is 0 Å². The zero-order valence-electron chi connectivity index (χ0n) is 17.4. The minimum absolute atomic E-state index is 0.664. The zero-order chi connectivity index (χ0) is 18.2. The van der Waals surface area contributed by atoms with Crippen LogP contribution >= 0.6 is 0 Å². The lowest BCUT2D eigenvalue weighted by Gasteiger charge is -2.38. The Labute approximate surface area is 162 Å². The molecule has 2 aliphatic carbocycles. The van der Waals surface area contributed by atoms with Gasteiger partial charge < -0.3 is 0 Å². The number of benzene rings is 1. The summed E-state index contributed by atoms with van der Waals surface area (Å²) in [7, 11) is 0. The fourth-order valence-corrected chi connectivity index (χ4v) is 5.57. The molecule has 26 heavy (non-hydrogen) atoms. The van der Waals surface area contributed by atoms with Crippen LogP contribution in [-0.4, -0.2) is 0 Å². The van der Waals surface area contributed by atoms with Crippen molar-refractivity contribution in [3.8, 4) is 0 Å². The molecule has 1 aromatic rings. The summed E-state index contributed by atoms with van der Waals surface area (Å²) in [5.74, 6) is 0.732. The van der Waals surface area contributed by atoms with Gasteiger partial charge in [-0.15, -0.1) is 0 Å². The second-order valence-electron chi connectivity index (χ2n) is 9.27. The molecule has 0 heteroatoms. The monoisotopic (exact) mass is 352 g/mol. The average Bonchev–Trinajstić information content (AvgIpc) is 2.68. The van der Waals surface area contributed by atoms with Crippen LogP contribution in [0, 0.1) is 12.3 Å². The number of hydrogen-bond acceptors (Lipinski definition) is 0. The summed E-state index contributed by atoms with van der Waals surface area (Å²) < 4.78 is 0. The largest absolute Gasteiger partial charge is 0.0853 e. The lowest BCUT2D eigenvalue weighted by Crippen LogP contribution is -2.25. The van der Waals surface area contributed by atoms with Gasteiger partial charge in [-0.05, 0) is 88.0 Å². The van der Waals surface area contributed by atoms with E-state index in [2.05, 4.69) is 44.2 Å². The van der Waals surface area contributed by atoms with Crippen molar-refractivity contribution >= 4 is 0 Å². The molecular weight excluding hydrogens is 312 g/mol. The van der Waals surface area contributed by atoms with Crippen LogP contribution in [0.25, 0.3) is 0 Å². The van der Waals surface area contributed by atoms with Crippen molar-refractivity contribution < 1.29 is 0 Å². The Hall–Kier alpha value is -1.04. The van der Waals surface area contributed by atoms with Gasteiger partial charge in [0.2, 0.25) is 0 Å². The molecule has 0 aromatic heterocycles. The highest BCUT2D eigenvalue weighted by atomic mass is 14.4. The smallest absolute Gasteiger partial charge is 0.0125 e. The van der Waals surface area contributed by atoms with Crippen molar-refractivity contribution in [2.75, 3.05) is 0 Å². The van der Waals surface area contributed by atoms with Gasteiger partial charge in [-0.3, -0.25) is 0 Å². The molecule has 0 radical (unpaired) electrons. The standard InChI is InChI=1S/C26H40/c1-3-17-26(18-8-5-9-19-26)20-16-25(21-23-10-6-4-7-11-23)24-14-12-22(2)13-15-24/h10,12-15,25H,3-9,11,16-21H2,1-2H3. The molecule has 0 N–H and O–H groups in total. The first-order chi connectivity index (χ1) is 12.7. The van der Waals surface area contributed by atoms with Crippen LogP contribution in [0.1, 0.15) is 114 Å². The SMILES string of the molecule is CCCC1(CCC(CC2=CCCCC2)c2ccc(C)cc2)CCCCC1. The second kappa shape index (κ2) is 9.77. The minimum Gasteiger partial charge on any atom is -0.0853 e. The van der Waals surface area contributed by atoms with Crippen molar-refractivity contribution in [3.05, 3.63) is 47.0 Å². The quantitative estimate of drug-likeness (QED) is 0.411. The molecule has 0 saturated heterocycles. The Morgan fingerprint density at radius 2 is 1.69 bits per heavy atom. The van der Waals surface area contributed by atoms with Gasteiger partial charge in [0.15, 0.2) is 0 Å². The lowest BCUT2D eigenvalue weighted by molar-refractivity contribution is 0.148. The molecule has 0 spiro atoms. The summed E-state index contributed by atoms with van der Waals surface area (Å²) in [6, 6.07) is 9.47. The molecule has 1 atom stereocenters. The maximum atomic E-state index is 2.56. The van der Waals surface area contributed by atoms with Gasteiger partial charge in [0.05, 0.1) is 0 Å². The predicted molar refractivity (Wildman–Crippen MR) is 115 cm³/mol. The molecule has 144 valence electrons. The van der Waals surface area contributed by atoms with E-state index < -0.39 is 0 Å². The van der Waals surface area contributed by atoms with Gasteiger partial charge in [0.1, 0.15) is 0 Å². The first-order valence-electron chi connectivity index (χ1n) is 11.5. The maximum absolute atomic E-state index is 2.56. The van der Waals surface area contributed by atoms with E-state index in [1.165, 1.54) is 95.5 Å². The van der Waals surface area contributed by atoms with Gasteiger partial charge in [0, 0.05) is 0 Å². The fourth-order valence-electron chi connectivity index (χ4n) is 5.57. The summed E-state index contributed by atoms with van der Waals surface area (Å²) in [5, 5.41) is 0. The van der Waals surface area contributed by atoms with Crippen molar-refractivity contribution in [3.63, 3.8) is 0 Å². The van der Waals surface area contributed by atoms with Gasteiger partial charge >= 0.3 is 0 Å². The van der Waals surface area contributed by atoms with E-state index in [1.54, 1.807) is 11.1 Å². The number of hydrogen-bond donors (Lipinski definition) is 0. The normalized spacial score (nSPS) is 21.2. The zero-order valence-corrected chi connectivity index (χ0v) is 17.4. The molecule has 0 aliphatic heterocycles. The third kappa shape index (κ3) is 5.48. The van der Waals surface area contributed by atoms with E-state index in [4.69, 9.17) is 0 Å². The van der Waals surface area contributed by atoms with Crippen LogP contribution in [0.3, 0.4) is 0 Å². The van der Waals surface area contributed by atoms with Crippen LogP contribution in [0.5, 0.6) is 0 Å². The first kappa shape index (κ1) is 19.7. The fraction of sp³-hybridized carbons (Fsp3) is 0.692. The molecule has 0 heterocycles. The maximum Gasteiger partial charge on any atom is -0.0125 e. The van der Waals surface area contributed by atoms with E-state index in [9.17, 15) is 0 Å². The van der Waals surface area contributed by atoms with Gasteiger partial charge in [-0.1, -0.05) is 74.1 Å². The Balaban J connectivity index is 1.71. The molecule has 1 unspecified atom stereocenters. The summed E-state index contributed by atoms with van der Waals surface area (Å²) in [6.45, 7) is 4.60. The highest BCUT2D eigenvalue weighted by Crippen LogP contribution is 2.46. The lowest BCUT2D eigenvalue weighted by atomic mass is 9.67. The molecule has 1 aromatic carbocycles. The molecule has 0 amide bonds. The van der Waals surface area contributed by atoms with Crippen molar-refractivity contribution in [1.82, 2.24) is 0 Å². The number of rotatable bonds is 8. The summed E-state index contributed by atoms with van der Waals surface area (Å²) in [5.41, 5.74) is 5.38. The Bertz CT molecular complexity index is 551. The van der Waals surface area contributed by atoms with Gasteiger partial charge in [-0.25, -0.2) is 0 Å². The van der Waals surface area contributed by atoms with E-state index in [0.29, 0.717) is 5.41 Å². The highest BCUT2D eigenvalue weighted by Gasteiger charge is 2.31. The molecular formula is C26H40. The molecule has 0 nitrogen and oxygen atoms in total. The van der Waals surface area contributed by atoms with Crippen LogP contribution in [0.4, 0.5) is 0 Å². The van der Waals surface area contributed by atoms with E-state index in [-0.39, 0.29) is 0 Å².